The topological polar surface area (TPSA) is 182 Å². The molecule has 3 aromatic heterocycles. The molecular formula is C35H32Cl2N10O5. The van der Waals surface area contributed by atoms with E-state index in [9.17, 15) is 19.2 Å². The van der Waals surface area contributed by atoms with Gasteiger partial charge in [0, 0.05) is 65.2 Å². The molecule has 5 aromatic rings. The van der Waals surface area contributed by atoms with Crippen LogP contribution < -0.4 is 16.2 Å². The van der Waals surface area contributed by atoms with Gasteiger partial charge in [-0.25, -0.2) is 9.78 Å². The number of nitrogens with one attached hydrogen (secondary N) is 3. The van der Waals surface area contributed by atoms with E-state index in [1.54, 1.807) is 65.6 Å². The van der Waals surface area contributed by atoms with Crippen LogP contribution in [0.3, 0.4) is 0 Å². The van der Waals surface area contributed by atoms with Crippen LogP contribution >= 0.6 is 23.2 Å². The Kier molecular flexibility index (Phi) is 9.87. The molecule has 1 saturated heterocycles. The predicted octanol–water partition coefficient (Wildman–Crippen LogP) is 4.61. The molecule has 0 saturated carbocycles. The van der Waals surface area contributed by atoms with Gasteiger partial charge in [0.25, 0.3) is 5.56 Å². The Morgan fingerprint density at radius 2 is 1.90 bits per heavy atom. The molecule has 0 radical (unpaired) electrons. The normalized spacial score (nSPS) is 17.0. The van der Waals surface area contributed by atoms with E-state index in [4.69, 9.17) is 28.2 Å². The number of hydrogen-bond donors (Lipinski definition) is 3. The molecule has 52 heavy (non-hydrogen) atoms. The third-order valence-electron chi connectivity index (χ3n) is 9.13. The minimum absolute atomic E-state index is 0.0229. The second-order valence-corrected chi connectivity index (χ2v) is 13.3. The number of tetrazole rings is 1. The highest BCUT2D eigenvalue weighted by Crippen LogP contribution is 2.36. The lowest BCUT2D eigenvalue weighted by atomic mass is 9.83. The van der Waals surface area contributed by atoms with Crippen molar-refractivity contribution in [2.75, 3.05) is 25.5 Å². The predicted molar refractivity (Wildman–Crippen MR) is 192 cm³/mol. The molecule has 3 amide bonds. The number of likely N-dealkylation sites (tertiary alicyclic amines) is 1. The van der Waals surface area contributed by atoms with Crippen LogP contribution in [0.2, 0.25) is 10.2 Å². The van der Waals surface area contributed by atoms with Gasteiger partial charge < -0.3 is 24.5 Å². The van der Waals surface area contributed by atoms with Gasteiger partial charge in [-0.1, -0.05) is 41.4 Å². The molecule has 266 valence electrons. The summed E-state index contributed by atoms with van der Waals surface area (Å²) in [4.78, 5) is 61.3. The van der Waals surface area contributed by atoms with E-state index in [1.165, 1.54) is 24.2 Å². The van der Waals surface area contributed by atoms with Gasteiger partial charge in [-0.15, -0.1) is 5.10 Å². The van der Waals surface area contributed by atoms with Crippen LogP contribution in [0.25, 0.3) is 23.0 Å². The lowest BCUT2D eigenvalue weighted by Gasteiger charge is -2.43. The number of pyridine rings is 1. The molecule has 2 aliphatic heterocycles. The molecule has 2 bridgehead atoms. The number of piperidine rings is 1. The van der Waals surface area contributed by atoms with Gasteiger partial charge in [-0.05, 0) is 65.2 Å². The smallest absolute Gasteiger partial charge is 0.411 e. The van der Waals surface area contributed by atoms with Gasteiger partial charge in [-0.2, -0.15) is 4.68 Å². The number of amides is 3. The number of methoxy groups -OCH3 is 1. The first kappa shape index (κ1) is 34.6. The molecule has 7 rings (SSSR count). The Morgan fingerprint density at radius 1 is 1.08 bits per heavy atom. The van der Waals surface area contributed by atoms with Gasteiger partial charge in [0.05, 0.1) is 25.3 Å². The van der Waals surface area contributed by atoms with Crippen molar-refractivity contribution in [1.82, 2.24) is 45.0 Å². The van der Waals surface area contributed by atoms with Gasteiger partial charge in [0.1, 0.15) is 23.0 Å². The summed E-state index contributed by atoms with van der Waals surface area (Å²) >= 11 is 12.9. The largest absolute Gasteiger partial charge is 0.453 e. The third kappa shape index (κ3) is 7.45. The van der Waals surface area contributed by atoms with Crippen molar-refractivity contribution in [3.63, 3.8) is 0 Å². The van der Waals surface area contributed by atoms with E-state index in [0.29, 0.717) is 52.9 Å². The quantitative estimate of drug-likeness (QED) is 0.182. The molecule has 17 heteroatoms. The van der Waals surface area contributed by atoms with Crippen LogP contribution in [0, 0.1) is 5.92 Å². The molecule has 3 atom stereocenters. The number of fused-ring (bicyclic) bond motifs is 4. The minimum atomic E-state index is -0.897. The third-order valence-corrected chi connectivity index (χ3v) is 9.63. The number of carbonyl (C=O) groups excluding carboxylic acids is 3. The molecule has 0 unspecified atom stereocenters. The number of imidazole rings is 1. The van der Waals surface area contributed by atoms with Gasteiger partial charge in [0.15, 0.2) is 0 Å². The maximum absolute atomic E-state index is 14.0. The van der Waals surface area contributed by atoms with Crippen molar-refractivity contribution in [2.24, 2.45) is 5.92 Å². The summed E-state index contributed by atoms with van der Waals surface area (Å²) in [5.74, 6) is -0.261. The fraction of sp³-hybridized carbons (Fsp3) is 0.257. The SMILES string of the molecule is COC(=O)Nc1ccc(-c2nc([C@H](CC(=O)N3C[C@@H]4C[C@H](C3)c3cccc(=O)n3C4)NC(=O)C=Cc3cc(Cl)ccc3-n3cnnn3)[nH]c2Cl)cc1. The van der Waals surface area contributed by atoms with Gasteiger partial charge in [-0.3, -0.25) is 19.7 Å². The van der Waals surface area contributed by atoms with Crippen LogP contribution in [0.15, 0.2) is 77.9 Å². The van der Waals surface area contributed by atoms with Crippen LogP contribution in [0.1, 0.15) is 41.9 Å². The monoisotopic (exact) mass is 742 g/mol. The summed E-state index contributed by atoms with van der Waals surface area (Å²) in [6.07, 6.45) is 4.50. The second-order valence-electron chi connectivity index (χ2n) is 12.5. The van der Waals surface area contributed by atoms with E-state index in [2.05, 4.69) is 35.9 Å². The number of aromatic amines is 1. The summed E-state index contributed by atoms with van der Waals surface area (Å²) in [6, 6.07) is 16.2. The lowest BCUT2D eigenvalue weighted by molar-refractivity contribution is -0.134. The number of aromatic nitrogens is 7. The summed E-state index contributed by atoms with van der Waals surface area (Å²) in [5, 5.41) is 17.5. The molecule has 5 heterocycles. The minimum Gasteiger partial charge on any atom is -0.453 e. The second kappa shape index (κ2) is 14.8. The number of carbonyl (C=O) groups is 3. The maximum atomic E-state index is 14.0. The first-order valence-electron chi connectivity index (χ1n) is 16.3. The van der Waals surface area contributed by atoms with Crippen LogP contribution in [-0.2, 0) is 20.9 Å². The van der Waals surface area contributed by atoms with Gasteiger partial charge >= 0.3 is 6.09 Å². The first-order chi connectivity index (χ1) is 25.1. The Morgan fingerprint density at radius 3 is 2.67 bits per heavy atom. The number of nitrogens with zero attached hydrogens (tertiary/aromatic N) is 7. The number of ether oxygens (including phenoxy) is 1. The Bertz CT molecular complexity index is 2220. The molecule has 2 aliphatic rings. The number of anilines is 1. The zero-order chi connectivity index (χ0) is 36.4. The molecule has 0 aliphatic carbocycles. The highest BCUT2D eigenvalue weighted by Gasteiger charge is 2.37. The van der Waals surface area contributed by atoms with Crippen molar-refractivity contribution in [1.29, 1.82) is 0 Å². The zero-order valence-electron chi connectivity index (χ0n) is 27.7. The lowest BCUT2D eigenvalue weighted by Crippen LogP contribution is -2.49. The highest BCUT2D eigenvalue weighted by atomic mass is 35.5. The molecule has 2 aromatic carbocycles. The molecule has 1 fully saturated rings. The van der Waals surface area contributed by atoms with Crippen LogP contribution in [0.4, 0.5) is 10.5 Å². The van der Waals surface area contributed by atoms with Crippen molar-refractivity contribution in [2.45, 2.75) is 31.3 Å². The van der Waals surface area contributed by atoms with Gasteiger partial charge in [0.2, 0.25) is 11.8 Å². The molecular weight excluding hydrogens is 711 g/mol. The summed E-state index contributed by atoms with van der Waals surface area (Å²) in [5.41, 5.74) is 3.59. The standard InChI is InChI=1S/C35H32Cl2N10O5/c1-52-35(51)39-25-9-5-21(6-10-25)32-33(37)42-34(41-32)26(40-29(48)12-7-22-14-24(36)8-11-28(22)47-19-38-43-44-47)15-31(50)45-16-20-13-23(18-45)27-3-2-4-30(49)46(27)17-20/h2-12,14,19-20,23,26H,13,15-18H2,1H3,(H,39,51)(H,40,48)(H,41,42)/t20-,23+,26-/m0/s1. The molecule has 3 N–H and O–H groups in total. The number of halogens is 2. The fourth-order valence-corrected chi connectivity index (χ4v) is 7.18. The number of H-pyrrole nitrogens is 1. The molecule has 0 spiro atoms. The van der Waals surface area contributed by atoms with E-state index in [-0.39, 0.29) is 40.7 Å². The Balaban J connectivity index is 1.15. The summed E-state index contributed by atoms with van der Waals surface area (Å²) < 4.78 is 7.91. The fourth-order valence-electron chi connectivity index (χ4n) is 6.75. The molecule has 15 nitrogen and oxygen atoms in total. The highest BCUT2D eigenvalue weighted by molar-refractivity contribution is 6.32. The average Bonchev–Trinajstić information content (AvgIpc) is 3.81. The average molecular weight is 744 g/mol. The Labute approximate surface area is 306 Å². The Hall–Kier alpha value is -5.80. The van der Waals surface area contributed by atoms with E-state index >= 15 is 0 Å². The number of rotatable bonds is 9. The summed E-state index contributed by atoms with van der Waals surface area (Å²) in [6.45, 7) is 1.48. The summed E-state index contributed by atoms with van der Waals surface area (Å²) in [7, 11) is 1.27. The van der Waals surface area contributed by atoms with Crippen molar-refractivity contribution >= 4 is 52.9 Å². The number of hydrogen-bond acceptors (Lipinski definition) is 9. The van der Waals surface area contributed by atoms with E-state index < -0.39 is 18.0 Å². The van der Waals surface area contributed by atoms with Crippen molar-refractivity contribution in [3.8, 4) is 16.9 Å². The van der Waals surface area contributed by atoms with E-state index in [0.717, 1.165) is 12.1 Å². The maximum Gasteiger partial charge on any atom is 0.411 e. The van der Waals surface area contributed by atoms with Crippen LogP contribution in [0.5, 0.6) is 0 Å². The zero-order valence-corrected chi connectivity index (χ0v) is 29.2. The number of benzene rings is 2. The van der Waals surface area contributed by atoms with Crippen molar-refractivity contribution < 1.29 is 19.1 Å². The van der Waals surface area contributed by atoms with E-state index in [1.807, 2.05) is 10.6 Å². The first-order valence-corrected chi connectivity index (χ1v) is 17.1. The van der Waals surface area contributed by atoms with Crippen LogP contribution in [-0.4, -0.2) is 77.7 Å². The van der Waals surface area contributed by atoms with Crippen molar-refractivity contribution in [3.05, 3.63) is 111 Å².